The number of piperazine rings is 1. The van der Waals surface area contributed by atoms with Gasteiger partial charge in [-0.15, -0.1) is 0 Å². The number of pyridine rings is 1. The van der Waals surface area contributed by atoms with Crippen molar-refractivity contribution in [3.63, 3.8) is 0 Å². The summed E-state index contributed by atoms with van der Waals surface area (Å²) in [5, 5.41) is 3.00. The number of hydrogen-bond donors (Lipinski definition) is 1. The number of carbonyl (C=O) groups excluding carboxylic acids is 1. The van der Waals surface area contributed by atoms with Crippen LogP contribution in [0.15, 0.2) is 18.3 Å². The third-order valence-corrected chi connectivity index (χ3v) is 4.86. The van der Waals surface area contributed by atoms with Crippen molar-refractivity contribution in [1.29, 1.82) is 0 Å². The molecule has 2 aliphatic heterocycles. The molecule has 0 radical (unpaired) electrons. The second-order valence-corrected chi connectivity index (χ2v) is 7.00. The van der Waals surface area contributed by atoms with Gasteiger partial charge in [0, 0.05) is 66.2 Å². The first-order valence-electron chi connectivity index (χ1n) is 9.11. The summed E-state index contributed by atoms with van der Waals surface area (Å²) in [6, 6.07) is 3.97. The molecule has 2 aliphatic rings. The zero-order valence-electron chi connectivity index (χ0n) is 15.3. The average Bonchev–Trinajstić information content (AvgIpc) is 3.13. The molecule has 0 aliphatic carbocycles. The minimum absolute atomic E-state index is 0.00783. The highest BCUT2D eigenvalue weighted by molar-refractivity contribution is 5.74. The molecule has 3 rings (SSSR count). The maximum atomic E-state index is 12.3. The molecule has 138 valence electrons. The van der Waals surface area contributed by atoms with Gasteiger partial charge in [0.25, 0.3) is 0 Å². The molecule has 1 atom stereocenters. The highest BCUT2D eigenvalue weighted by Gasteiger charge is 2.24. The van der Waals surface area contributed by atoms with Gasteiger partial charge in [0.15, 0.2) is 0 Å². The molecule has 0 spiro atoms. The Morgan fingerprint density at radius 2 is 2.12 bits per heavy atom. The van der Waals surface area contributed by atoms with Gasteiger partial charge in [-0.1, -0.05) is 6.07 Å². The molecule has 3 heterocycles. The Hall–Kier alpha value is -1.86. The Bertz CT molecular complexity index is 549. The topological polar surface area (TPSA) is 60.9 Å². The molecule has 0 saturated carbocycles. The Labute approximate surface area is 149 Å². The van der Waals surface area contributed by atoms with E-state index in [0.29, 0.717) is 12.6 Å². The fraction of sp³-hybridized carbons (Fsp3) is 0.667. The van der Waals surface area contributed by atoms with Crippen molar-refractivity contribution < 1.29 is 9.53 Å². The number of amides is 2. The summed E-state index contributed by atoms with van der Waals surface area (Å²) in [4.78, 5) is 23.0. The molecular weight excluding hydrogens is 318 g/mol. The lowest BCUT2D eigenvalue weighted by molar-refractivity contribution is 0.0561. The average molecular weight is 347 g/mol. The Morgan fingerprint density at radius 3 is 2.72 bits per heavy atom. The molecule has 0 aromatic carbocycles. The van der Waals surface area contributed by atoms with Gasteiger partial charge >= 0.3 is 6.03 Å². The van der Waals surface area contributed by atoms with Crippen LogP contribution in [0.4, 0.5) is 10.6 Å². The molecule has 2 amide bonds. The maximum Gasteiger partial charge on any atom is 0.317 e. The molecule has 25 heavy (non-hydrogen) atoms. The van der Waals surface area contributed by atoms with Gasteiger partial charge in [-0.25, -0.2) is 9.78 Å². The van der Waals surface area contributed by atoms with E-state index in [-0.39, 0.29) is 6.03 Å². The minimum atomic E-state index is 0.00783. The van der Waals surface area contributed by atoms with E-state index >= 15 is 0 Å². The van der Waals surface area contributed by atoms with Crippen LogP contribution < -0.4 is 10.2 Å². The third-order valence-electron chi connectivity index (χ3n) is 4.86. The summed E-state index contributed by atoms with van der Waals surface area (Å²) in [6.45, 7) is 5.80. The van der Waals surface area contributed by atoms with Crippen LogP contribution in [0.1, 0.15) is 18.4 Å². The molecule has 7 heteroatoms. The predicted molar refractivity (Wildman–Crippen MR) is 97.8 cm³/mol. The number of nitrogens with one attached hydrogen (secondary N) is 1. The van der Waals surface area contributed by atoms with Gasteiger partial charge < -0.3 is 19.9 Å². The van der Waals surface area contributed by atoms with Crippen LogP contribution in [0.25, 0.3) is 0 Å². The third kappa shape index (κ3) is 5.06. The summed E-state index contributed by atoms with van der Waals surface area (Å²) in [7, 11) is 3.92. The summed E-state index contributed by atoms with van der Waals surface area (Å²) < 4.78 is 5.70. The monoisotopic (exact) mass is 347 g/mol. The van der Waals surface area contributed by atoms with Gasteiger partial charge in [-0.2, -0.15) is 0 Å². The lowest BCUT2D eigenvalue weighted by atomic mass is 10.2. The van der Waals surface area contributed by atoms with E-state index in [4.69, 9.17) is 4.74 Å². The second-order valence-electron chi connectivity index (χ2n) is 7.00. The lowest BCUT2D eigenvalue weighted by Crippen LogP contribution is -2.52. The number of ether oxygens (including phenoxy) is 1. The normalized spacial score (nSPS) is 21.4. The summed E-state index contributed by atoms with van der Waals surface area (Å²) in [5.41, 5.74) is 1.01. The minimum Gasteiger partial charge on any atom is -0.377 e. The van der Waals surface area contributed by atoms with E-state index in [1.807, 2.05) is 42.2 Å². The fourth-order valence-corrected chi connectivity index (χ4v) is 3.29. The Kier molecular flexibility index (Phi) is 6.09. The smallest absolute Gasteiger partial charge is 0.317 e. The van der Waals surface area contributed by atoms with Crippen LogP contribution in [0.2, 0.25) is 0 Å². The molecule has 1 aromatic rings. The number of urea groups is 1. The van der Waals surface area contributed by atoms with E-state index < -0.39 is 0 Å². The maximum absolute atomic E-state index is 12.3. The molecular formula is C18H29N5O2. The molecule has 2 fully saturated rings. The molecule has 0 bridgehead atoms. The number of hydrogen-bond acceptors (Lipinski definition) is 5. The van der Waals surface area contributed by atoms with Crippen LogP contribution >= 0.6 is 0 Å². The zero-order valence-corrected chi connectivity index (χ0v) is 15.3. The van der Waals surface area contributed by atoms with Crippen LogP contribution in [0.5, 0.6) is 0 Å². The first-order chi connectivity index (χ1) is 12.1. The Balaban J connectivity index is 1.38. The van der Waals surface area contributed by atoms with Crippen molar-refractivity contribution in [2.45, 2.75) is 25.5 Å². The van der Waals surface area contributed by atoms with Gasteiger partial charge in [-0.3, -0.25) is 4.90 Å². The standard InChI is InChI=1S/C18H29N5O2/c1-21(2)17-6-5-15(12-19-17)13-20-18(24)23-9-7-22(8-10-23)14-16-4-3-11-25-16/h5-6,12,16H,3-4,7-11,13-14H2,1-2H3,(H,20,24). The summed E-state index contributed by atoms with van der Waals surface area (Å²) in [5.74, 6) is 0.914. The molecule has 1 N–H and O–H groups in total. The van der Waals surface area contributed by atoms with Crippen LogP contribution in [0.3, 0.4) is 0 Å². The van der Waals surface area contributed by atoms with Crippen LogP contribution in [0, 0.1) is 0 Å². The van der Waals surface area contributed by atoms with Gasteiger partial charge in [0.05, 0.1) is 6.10 Å². The lowest BCUT2D eigenvalue weighted by Gasteiger charge is -2.35. The number of aromatic nitrogens is 1. The summed E-state index contributed by atoms with van der Waals surface area (Å²) >= 11 is 0. The van der Waals surface area contributed by atoms with E-state index in [1.54, 1.807) is 0 Å². The second kappa shape index (κ2) is 8.49. The van der Waals surface area contributed by atoms with Crippen molar-refractivity contribution >= 4 is 11.8 Å². The SMILES string of the molecule is CN(C)c1ccc(CNC(=O)N2CCN(CC3CCCO3)CC2)cn1. The van der Waals surface area contributed by atoms with Gasteiger partial charge in [0.2, 0.25) is 0 Å². The zero-order chi connectivity index (χ0) is 17.6. The van der Waals surface area contributed by atoms with E-state index in [2.05, 4.69) is 15.2 Å². The van der Waals surface area contributed by atoms with Crippen LogP contribution in [-0.2, 0) is 11.3 Å². The van der Waals surface area contributed by atoms with Crippen molar-refractivity contribution in [3.05, 3.63) is 23.9 Å². The van der Waals surface area contributed by atoms with Crippen LogP contribution in [-0.4, -0.2) is 80.3 Å². The fourth-order valence-electron chi connectivity index (χ4n) is 3.29. The molecule has 1 unspecified atom stereocenters. The molecule has 7 nitrogen and oxygen atoms in total. The first-order valence-corrected chi connectivity index (χ1v) is 9.11. The largest absolute Gasteiger partial charge is 0.377 e. The van der Waals surface area contributed by atoms with E-state index in [9.17, 15) is 4.79 Å². The van der Waals surface area contributed by atoms with Gasteiger partial charge in [0.1, 0.15) is 5.82 Å². The Morgan fingerprint density at radius 1 is 1.32 bits per heavy atom. The van der Waals surface area contributed by atoms with E-state index in [1.165, 1.54) is 12.8 Å². The van der Waals surface area contributed by atoms with E-state index in [0.717, 1.165) is 50.7 Å². The highest BCUT2D eigenvalue weighted by Crippen LogP contribution is 2.14. The number of carbonyl (C=O) groups is 1. The quantitative estimate of drug-likeness (QED) is 0.866. The van der Waals surface area contributed by atoms with Crippen molar-refractivity contribution in [3.8, 4) is 0 Å². The molecule has 1 aromatic heterocycles. The first kappa shape index (κ1) is 17.9. The predicted octanol–water partition coefficient (Wildman–Crippen LogP) is 1.15. The number of anilines is 1. The number of rotatable bonds is 5. The highest BCUT2D eigenvalue weighted by atomic mass is 16.5. The van der Waals surface area contributed by atoms with Crippen molar-refractivity contribution in [2.75, 3.05) is 58.3 Å². The van der Waals surface area contributed by atoms with Gasteiger partial charge in [-0.05, 0) is 24.5 Å². The van der Waals surface area contributed by atoms with Crippen molar-refractivity contribution in [2.24, 2.45) is 0 Å². The number of nitrogens with zero attached hydrogens (tertiary/aromatic N) is 4. The molecule has 2 saturated heterocycles. The van der Waals surface area contributed by atoms with Crippen molar-refractivity contribution in [1.82, 2.24) is 20.1 Å². The summed E-state index contributed by atoms with van der Waals surface area (Å²) in [6.07, 6.45) is 4.55.